The van der Waals surface area contributed by atoms with Crippen molar-refractivity contribution in [3.05, 3.63) is 29.6 Å². The standard InChI is InChI=1S/C13H17FN2O4S/c1-9-5-6-10(8-11(9)14)15-21(19,20)16-7-3-2-4-12(16)13(17)18/h5-6,8,12,15H,2-4,7H2,1H3,(H,17,18). The number of nitrogens with one attached hydrogen (secondary N) is 1. The minimum Gasteiger partial charge on any atom is -0.480 e. The molecule has 1 aliphatic rings. The summed E-state index contributed by atoms with van der Waals surface area (Å²) in [7, 11) is -4.02. The van der Waals surface area contributed by atoms with Crippen molar-refractivity contribution in [1.29, 1.82) is 0 Å². The predicted octanol–water partition coefficient (Wildman–Crippen LogP) is 1.73. The Morgan fingerprint density at radius 2 is 2.14 bits per heavy atom. The molecule has 6 nitrogen and oxygen atoms in total. The quantitative estimate of drug-likeness (QED) is 0.885. The smallest absolute Gasteiger partial charge is 0.322 e. The van der Waals surface area contributed by atoms with Crippen LogP contribution in [0.15, 0.2) is 18.2 Å². The number of aryl methyl sites for hydroxylation is 1. The Kier molecular flexibility index (Phi) is 4.48. The fraction of sp³-hybridized carbons (Fsp3) is 0.462. The number of halogens is 1. The van der Waals surface area contributed by atoms with Crippen LogP contribution < -0.4 is 4.72 Å². The molecule has 0 aliphatic carbocycles. The van der Waals surface area contributed by atoms with Gasteiger partial charge >= 0.3 is 16.2 Å². The van der Waals surface area contributed by atoms with Gasteiger partial charge in [0.1, 0.15) is 11.9 Å². The molecule has 1 aromatic rings. The van der Waals surface area contributed by atoms with Crippen molar-refractivity contribution in [2.24, 2.45) is 0 Å². The van der Waals surface area contributed by atoms with Gasteiger partial charge in [-0.1, -0.05) is 6.07 Å². The van der Waals surface area contributed by atoms with Crippen molar-refractivity contribution in [2.45, 2.75) is 32.2 Å². The molecule has 2 rings (SSSR count). The van der Waals surface area contributed by atoms with Crippen LogP contribution in [-0.2, 0) is 15.0 Å². The molecular weight excluding hydrogens is 299 g/mol. The number of hydrogen-bond donors (Lipinski definition) is 2. The van der Waals surface area contributed by atoms with E-state index in [2.05, 4.69) is 4.72 Å². The van der Waals surface area contributed by atoms with Crippen molar-refractivity contribution in [3.8, 4) is 0 Å². The van der Waals surface area contributed by atoms with Crippen molar-refractivity contribution in [1.82, 2.24) is 4.31 Å². The summed E-state index contributed by atoms with van der Waals surface area (Å²) in [5.41, 5.74) is 0.479. The van der Waals surface area contributed by atoms with Crippen LogP contribution in [0.4, 0.5) is 10.1 Å². The van der Waals surface area contributed by atoms with E-state index < -0.39 is 28.0 Å². The van der Waals surface area contributed by atoms with Crippen molar-refractivity contribution in [2.75, 3.05) is 11.3 Å². The van der Waals surface area contributed by atoms with Gasteiger partial charge < -0.3 is 5.11 Å². The molecular formula is C13H17FN2O4S. The highest BCUT2D eigenvalue weighted by Gasteiger charge is 2.36. The number of benzene rings is 1. The highest BCUT2D eigenvalue weighted by Crippen LogP contribution is 2.23. The zero-order chi connectivity index (χ0) is 15.6. The second-order valence-corrected chi connectivity index (χ2v) is 6.65. The van der Waals surface area contributed by atoms with E-state index in [1.807, 2.05) is 0 Å². The molecule has 1 fully saturated rings. The zero-order valence-corrected chi connectivity index (χ0v) is 12.4. The van der Waals surface area contributed by atoms with Crippen LogP contribution in [0.3, 0.4) is 0 Å². The molecule has 2 N–H and O–H groups in total. The fourth-order valence-electron chi connectivity index (χ4n) is 2.30. The van der Waals surface area contributed by atoms with Crippen LogP contribution >= 0.6 is 0 Å². The van der Waals surface area contributed by atoms with E-state index in [9.17, 15) is 17.6 Å². The number of carbonyl (C=O) groups is 1. The number of rotatable bonds is 4. The molecule has 0 spiro atoms. The number of aliphatic carboxylic acids is 1. The molecule has 1 saturated heterocycles. The molecule has 8 heteroatoms. The fourth-order valence-corrected chi connectivity index (χ4v) is 3.75. The first-order valence-corrected chi connectivity index (χ1v) is 8.04. The van der Waals surface area contributed by atoms with Gasteiger partial charge in [-0.05, 0) is 43.9 Å². The van der Waals surface area contributed by atoms with Crippen LogP contribution in [0.25, 0.3) is 0 Å². The topological polar surface area (TPSA) is 86.7 Å². The lowest BCUT2D eigenvalue weighted by molar-refractivity contribution is -0.142. The molecule has 116 valence electrons. The molecule has 1 heterocycles. The maximum absolute atomic E-state index is 13.5. The molecule has 0 bridgehead atoms. The lowest BCUT2D eigenvalue weighted by Crippen LogP contribution is -2.49. The second-order valence-electron chi connectivity index (χ2n) is 5.03. The Labute approximate surface area is 122 Å². The Balaban J connectivity index is 2.23. The van der Waals surface area contributed by atoms with Gasteiger partial charge in [-0.15, -0.1) is 0 Å². The van der Waals surface area contributed by atoms with Gasteiger partial charge in [0.05, 0.1) is 5.69 Å². The summed E-state index contributed by atoms with van der Waals surface area (Å²) < 4.78 is 41.2. The van der Waals surface area contributed by atoms with E-state index in [-0.39, 0.29) is 18.7 Å². The number of anilines is 1. The Hall–Kier alpha value is -1.67. The van der Waals surface area contributed by atoms with Crippen molar-refractivity contribution >= 4 is 21.9 Å². The number of carboxylic acids is 1. The summed E-state index contributed by atoms with van der Waals surface area (Å²) in [4.78, 5) is 11.2. The van der Waals surface area contributed by atoms with Gasteiger partial charge in [0.25, 0.3) is 0 Å². The molecule has 1 aromatic carbocycles. The SMILES string of the molecule is Cc1ccc(NS(=O)(=O)N2CCCCC2C(=O)O)cc1F. The number of hydrogen-bond acceptors (Lipinski definition) is 3. The summed E-state index contributed by atoms with van der Waals surface area (Å²) in [6.45, 7) is 1.71. The second kappa shape index (κ2) is 5.98. The first kappa shape index (κ1) is 15.7. The third-order valence-corrected chi connectivity index (χ3v) is 5.01. The molecule has 0 radical (unpaired) electrons. The monoisotopic (exact) mass is 316 g/mol. The lowest BCUT2D eigenvalue weighted by Gasteiger charge is -2.31. The average molecular weight is 316 g/mol. The van der Waals surface area contributed by atoms with Crippen LogP contribution in [0, 0.1) is 12.7 Å². The van der Waals surface area contributed by atoms with Gasteiger partial charge in [0.15, 0.2) is 0 Å². The maximum atomic E-state index is 13.5. The third kappa shape index (κ3) is 3.51. The van der Waals surface area contributed by atoms with Crippen molar-refractivity contribution < 1.29 is 22.7 Å². The molecule has 1 unspecified atom stereocenters. The summed E-state index contributed by atoms with van der Waals surface area (Å²) in [6, 6.07) is 2.90. The van der Waals surface area contributed by atoms with Gasteiger partial charge in [0, 0.05) is 6.54 Å². The first-order chi connectivity index (χ1) is 9.81. The van der Waals surface area contributed by atoms with E-state index in [1.54, 1.807) is 6.92 Å². The van der Waals surface area contributed by atoms with Crippen LogP contribution in [0.1, 0.15) is 24.8 Å². The average Bonchev–Trinajstić information content (AvgIpc) is 2.42. The van der Waals surface area contributed by atoms with Crippen LogP contribution in [-0.4, -0.2) is 36.4 Å². The minimum absolute atomic E-state index is 0.0767. The van der Waals surface area contributed by atoms with Gasteiger partial charge in [-0.3, -0.25) is 9.52 Å². The summed E-state index contributed by atoms with van der Waals surface area (Å²) in [5.74, 6) is -1.70. The molecule has 1 atom stereocenters. The highest BCUT2D eigenvalue weighted by molar-refractivity contribution is 7.90. The Morgan fingerprint density at radius 1 is 1.43 bits per heavy atom. The van der Waals surface area contributed by atoms with Gasteiger partial charge in [-0.25, -0.2) is 4.39 Å². The van der Waals surface area contributed by atoms with E-state index in [0.29, 0.717) is 18.4 Å². The Morgan fingerprint density at radius 3 is 2.76 bits per heavy atom. The molecule has 0 amide bonds. The van der Waals surface area contributed by atoms with E-state index in [4.69, 9.17) is 5.11 Å². The first-order valence-electron chi connectivity index (χ1n) is 6.60. The highest BCUT2D eigenvalue weighted by atomic mass is 32.2. The van der Waals surface area contributed by atoms with Crippen LogP contribution in [0.5, 0.6) is 0 Å². The molecule has 0 aromatic heterocycles. The van der Waals surface area contributed by atoms with E-state index in [0.717, 1.165) is 10.4 Å². The van der Waals surface area contributed by atoms with Gasteiger partial charge in [0.2, 0.25) is 0 Å². The van der Waals surface area contributed by atoms with E-state index >= 15 is 0 Å². The zero-order valence-electron chi connectivity index (χ0n) is 11.5. The Bertz CT molecular complexity index is 648. The van der Waals surface area contributed by atoms with Crippen molar-refractivity contribution in [3.63, 3.8) is 0 Å². The number of piperidine rings is 1. The maximum Gasteiger partial charge on any atom is 0.322 e. The summed E-state index contributed by atoms with van der Waals surface area (Å²) in [6.07, 6.45) is 1.55. The molecule has 1 aliphatic heterocycles. The third-order valence-electron chi connectivity index (χ3n) is 3.47. The lowest BCUT2D eigenvalue weighted by atomic mass is 10.1. The van der Waals surface area contributed by atoms with Crippen LogP contribution in [0.2, 0.25) is 0 Å². The summed E-state index contributed by atoms with van der Waals surface area (Å²) in [5, 5.41) is 9.12. The molecule has 0 saturated carbocycles. The van der Waals surface area contributed by atoms with Gasteiger partial charge in [-0.2, -0.15) is 12.7 Å². The van der Waals surface area contributed by atoms with E-state index in [1.165, 1.54) is 12.1 Å². The predicted molar refractivity (Wildman–Crippen MR) is 75.7 cm³/mol. The number of nitrogens with zero attached hydrogens (tertiary/aromatic N) is 1. The molecule has 21 heavy (non-hydrogen) atoms. The minimum atomic E-state index is -4.02. The normalized spacial score (nSPS) is 20.2. The summed E-state index contributed by atoms with van der Waals surface area (Å²) >= 11 is 0. The number of carboxylic acid groups (broad SMARTS) is 1. The largest absolute Gasteiger partial charge is 0.480 e.